The van der Waals surface area contributed by atoms with Gasteiger partial charge in [0.1, 0.15) is 12.7 Å². The van der Waals surface area contributed by atoms with E-state index in [0.29, 0.717) is 11.5 Å². The molecule has 19 heavy (non-hydrogen) atoms. The van der Waals surface area contributed by atoms with E-state index in [-0.39, 0.29) is 13.2 Å². The second-order valence-electron chi connectivity index (χ2n) is 4.62. The molecule has 0 aromatic carbocycles. The Hall–Kier alpha value is -1.27. The van der Waals surface area contributed by atoms with Crippen LogP contribution in [0.4, 0.5) is 0 Å². The number of aliphatic hydroxyl groups excluding tert-OH is 2. The molecule has 0 radical (unpaired) electrons. The molecule has 0 aliphatic carbocycles. The number of piperidine rings is 1. The quantitative estimate of drug-likeness (QED) is 0.410. The molecule has 1 atom stereocenters. The molecule has 1 heterocycles. The maximum Gasteiger partial charge on any atom is 0.338 e. The van der Waals surface area contributed by atoms with E-state index in [1.54, 1.807) is 6.92 Å². The van der Waals surface area contributed by atoms with E-state index in [2.05, 4.69) is 0 Å². The van der Waals surface area contributed by atoms with Crippen molar-refractivity contribution in [3.05, 3.63) is 11.5 Å². The highest BCUT2D eigenvalue weighted by molar-refractivity contribution is 5.88. The van der Waals surface area contributed by atoms with Crippen LogP contribution in [-0.2, 0) is 14.3 Å². The fourth-order valence-electron chi connectivity index (χ4n) is 2.00. The summed E-state index contributed by atoms with van der Waals surface area (Å²) in [4.78, 5) is 13.6. The molecule has 2 N–H and O–H groups in total. The van der Waals surface area contributed by atoms with Gasteiger partial charge in [0.2, 0.25) is 0 Å². The lowest BCUT2D eigenvalue weighted by molar-refractivity contribution is -0.136. The lowest BCUT2D eigenvalue weighted by Crippen LogP contribution is -2.34. The van der Waals surface area contributed by atoms with Crippen LogP contribution >= 0.6 is 0 Å². The third-order valence-electron chi connectivity index (χ3n) is 3.08. The number of hydrogen-bond donors (Lipinski definition) is 2. The number of carbonyl (C=O) groups is 1. The zero-order chi connectivity index (χ0) is 14.3. The van der Waals surface area contributed by atoms with Crippen molar-refractivity contribution in [2.45, 2.75) is 32.3 Å². The third kappa shape index (κ3) is 4.72. The van der Waals surface area contributed by atoms with E-state index in [0.717, 1.165) is 25.9 Å². The minimum Gasteiger partial charge on any atom is -0.476 e. The zero-order valence-corrected chi connectivity index (χ0v) is 11.6. The molecule has 0 bridgehead atoms. The molecule has 1 unspecified atom stereocenters. The Kier molecular flexibility index (Phi) is 6.66. The number of methoxy groups -OCH3 is 1. The molecular weight excluding hydrogens is 250 g/mol. The summed E-state index contributed by atoms with van der Waals surface area (Å²) < 4.78 is 10.2. The Bertz CT molecular complexity index is 323. The summed E-state index contributed by atoms with van der Waals surface area (Å²) >= 11 is 0. The smallest absolute Gasteiger partial charge is 0.338 e. The minimum absolute atomic E-state index is 0.0450. The number of likely N-dealkylation sites (tertiary alicyclic amines) is 1. The van der Waals surface area contributed by atoms with Crippen molar-refractivity contribution in [1.82, 2.24) is 4.90 Å². The molecule has 0 aromatic heterocycles. The van der Waals surface area contributed by atoms with Crippen molar-refractivity contribution in [3.63, 3.8) is 0 Å². The highest BCUT2D eigenvalue weighted by Crippen LogP contribution is 2.19. The van der Waals surface area contributed by atoms with E-state index in [1.807, 2.05) is 4.90 Å². The van der Waals surface area contributed by atoms with Crippen LogP contribution in [0.3, 0.4) is 0 Å². The molecule has 1 fully saturated rings. The average Bonchev–Trinajstić information content (AvgIpc) is 2.47. The van der Waals surface area contributed by atoms with Crippen molar-refractivity contribution in [2.75, 3.05) is 33.4 Å². The van der Waals surface area contributed by atoms with Crippen LogP contribution in [-0.4, -0.2) is 60.6 Å². The summed E-state index contributed by atoms with van der Waals surface area (Å²) in [5.41, 5.74) is 0.384. The van der Waals surface area contributed by atoms with Gasteiger partial charge in [0.25, 0.3) is 0 Å². The Morgan fingerprint density at radius 2 is 1.95 bits per heavy atom. The summed E-state index contributed by atoms with van der Waals surface area (Å²) in [6.45, 7) is 2.86. The number of hydrogen-bond acceptors (Lipinski definition) is 6. The number of ether oxygens (including phenoxy) is 2. The fraction of sp³-hybridized carbons (Fsp3) is 0.769. The molecule has 1 aliphatic rings. The predicted molar refractivity (Wildman–Crippen MR) is 69.2 cm³/mol. The molecule has 1 aliphatic heterocycles. The van der Waals surface area contributed by atoms with Gasteiger partial charge >= 0.3 is 5.97 Å². The van der Waals surface area contributed by atoms with E-state index in [4.69, 9.17) is 14.6 Å². The third-order valence-corrected chi connectivity index (χ3v) is 3.08. The molecule has 0 amide bonds. The number of carbonyl (C=O) groups excluding carboxylic acids is 1. The maximum absolute atomic E-state index is 11.6. The molecular formula is C13H23NO5. The summed E-state index contributed by atoms with van der Waals surface area (Å²) in [7, 11) is 1.32. The maximum atomic E-state index is 11.6. The first-order chi connectivity index (χ1) is 9.10. The molecule has 6 nitrogen and oxygen atoms in total. The second kappa shape index (κ2) is 8.01. The van der Waals surface area contributed by atoms with Gasteiger partial charge in [0, 0.05) is 13.1 Å². The van der Waals surface area contributed by atoms with Gasteiger partial charge < -0.3 is 24.6 Å². The zero-order valence-electron chi connectivity index (χ0n) is 11.6. The standard InChI is InChI=1S/C13H23NO5/c1-10(13(17)18-2)12(19-9-11(16)8-15)14-6-4-3-5-7-14/h11,15-16H,3-9H2,1-2H3. The van der Waals surface area contributed by atoms with Gasteiger partial charge in [0.05, 0.1) is 19.3 Å². The normalized spacial score (nSPS) is 18.6. The van der Waals surface area contributed by atoms with Gasteiger partial charge in [-0.3, -0.25) is 0 Å². The number of nitrogens with zero attached hydrogens (tertiary/aromatic N) is 1. The molecule has 0 spiro atoms. The van der Waals surface area contributed by atoms with Crippen molar-refractivity contribution in [2.24, 2.45) is 0 Å². The molecule has 0 aromatic rings. The van der Waals surface area contributed by atoms with Gasteiger partial charge in [0.15, 0.2) is 5.88 Å². The second-order valence-corrected chi connectivity index (χ2v) is 4.62. The Morgan fingerprint density at radius 3 is 2.47 bits per heavy atom. The lowest BCUT2D eigenvalue weighted by Gasteiger charge is -2.31. The van der Waals surface area contributed by atoms with Crippen molar-refractivity contribution in [3.8, 4) is 0 Å². The van der Waals surface area contributed by atoms with E-state index >= 15 is 0 Å². The molecule has 1 rings (SSSR count). The van der Waals surface area contributed by atoms with Gasteiger partial charge in [-0.05, 0) is 26.2 Å². The van der Waals surface area contributed by atoms with Crippen LogP contribution in [0, 0.1) is 0 Å². The van der Waals surface area contributed by atoms with E-state index in [1.165, 1.54) is 13.5 Å². The summed E-state index contributed by atoms with van der Waals surface area (Å²) in [6, 6.07) is 0. The topological polar surface area (TPSA) is 79.2 Å². The van der Waals surface area contributed by atoms with Gasteiger partial charge in [-0.2, -0.15) is 0 Å². The molecule has 0 saturated carbocycles. The van der Waals surface area contributed by atoms with Gasteiger partial charge in [-0.1, -0.05) is 0 Å². The van der Waals surface area contributed by atoms with Crippen LogP contribution in [0.25, 0.3) is 0 Å². The van der Waals surface area contributed by atoms with Gasteiger partial charge in [-0.25, -0.2) is 4.79 Å². The molecule has 6 heteroatoms. The van der Waals surface area contributed by atoms with E-state index < -0.39 is 12.1 Å². The van der Waals surface area contributed by atoms with Crippen molar-refractivity contribution in [1.29, 1.82) is 0 Å². The van der Waals surface area contributed by atoms with Crippen LogP contribution in [0.1, 0.15) is 26.2 Å². The summed E-state index contributed by atoms with van der Waals surface area (Å²) in [5, 5.41) is 18.2. The average molecular weight is 273 g/mol. The SMILES string of the molecule is COC(=O)C(C)=C(OCC(O)CO)N1CCCCC1. The number of aliphatic hydroxyl groups is 2. The Morgan fingerprint density at radius 1 is 1.32 bits per heavy atom. The van der Waals surface area contributed by atoms with Crippen LogP contribution in [0.15, 0.2) is 11.5 Å². The van der Waals surface area contributed by atoms with Gasteiger partial charge in [-0.15, -0.1) is 0 Å². The van der Waals surface area contributed by atoms with Crippen molar-refractivity contribution < 1.29 is 24.5 Å². The fourth-order valence-corrected chi connectivity index (χ4v) is 2.00. The summed E-state index contributed by atoms with van der Waals surface area (Å²) in [6.07, 6.45) is 2.30. The minimum atomic E-state index is -0.953. The Labute approximate surface area is 113 Å². The lowest BCUT2D eigenvalue weighted by atomic mass is 10.1. The largest absolute Gasteiger partial charge is 0.476 e. The Balaban J connectivity index is 2.80. The van der Waals surface area contributed by atoms with Crippen LogP contribution < -0.4 is 0 Å². The monoisotopic (exact) mass is 273 g/mol. The number of rotatable bonds is 6. The number of esters is 1. The predicted octanol–water partition coefficient (Wildman–Crippen LogP) is 0.247. The first-order valence-corrected chi connectivity index (χ1v) is 6.56. The highest BCUT2D eigenvalue weighted by atomic mass is 16.5. The highest BCUT2D eigenvalue weighted by Gasteiger charge is 2.21. The molecule has 1 saturated heterocycles. The molecule has 110 valence electrons. The van der Waals surface area contributed by atoms with Crippen LogP contribution in [0.2, 0.25) is 0 Å². The van der Waals surface area contributed by atoms with E-state index in [9.17, 15) is 9.90 Å². The first-order valence-electron chi connectivity index (χ1n) is 6.56. The van der Waals surface area contributed by atoms with Crippen LogP contribution in [0.5, 0.6) is 0 Å². The first kappa shape index (κ1) is 15.8. The summed E-state index contributed by atoms with van der Waals surface area (Å²) in [5.74, 6) is -0.00175. The van der Waals surface area contributed by atoms with Crippen molar-refractivity contribution >= 4 is 5.97 Å².